The van der Waals surface area contributed by atoms with Crippen LogP contribution in [0, 0.1) is 6.92 Å². The summed E-state index contributed by atoms with van der Waals surface area (Å²) in [5.74, 6) is 0.897. The Morgan fingerprint density at radius 1 is 0.850 bits per heavy atom. The summed E-state index contributed by atoms with van der Waals surface area (Å²) in [5.41, 5.74) is 1.29. The third-order valence-corrected chi connectivity index (χ3v) is 3.33. The Labute approximate surface area is 120 Å². The molecule has 0 aromatic heterocycles. The second kappa shape index (κ2) is 8.53. The van der Waals surface area contributed by atoms with Crippen molar-refractivity contribution in [1.29, 1.82) is 0 Å². The molecule has 0 spiro atoms. The minimum absolute atomic E-state index is 0.897. The number of hydrogen-bond donors (Lipinski definition) is 0. The van der Waals surface area contributed by atoms with Crippen LogP contribution in [0.1, 0.15) is 5.56 Å². The highest BCUT2D eigenvalue weighted by atomic mass is 32.2. The predicted molar refractivity (Wildman–Crippen MR) is 75.4 cm³/mol. The lowest BCUT2D eigenvalue weighted by molar-refractivity contribution is 0.00819. The Morgan fingerprint density at radius 2 is 1.25 bits per heavy atom. The monoisotopic (exact) mass is 300 g/mol. The Morgan fingerprint density at radius 3 is 1.65 bits per heavy atom. The predicted octanol–water partition coefficient (Wildman–Crippen LogP) is 5.33. The lowest BCUT2D eigenvalue weighted by atomic mass is 10.2. The van der Waals surface area contributed by atoms with Crippen LogP contribution in [0.5, 0.6) is 5.75 Å². The first-order valence-electron chi connectivity index (χ1n) is 5.82. The van der Waals surface area contributed by atoms with E-state index < -0.39 is 6.68 Å². The minimum atomic E-state index is -3.67. The molecular formula is C15H15F3OS. The highest BCUT2D eigenvalue weighted by molar-refractivity contribution is 7.99. The molecule has 0 saturated heterocycles. The topological polar surface area (TPSA) is 9.23 Å². The van der Waals surface area contributed by atoms with Gasteiger partial charge in [-0.15, -0.1) is 0 Å². The Balaban J connectivity index is 0.000000444. The van der Waals surface area contributed by atoms with E-state index in [1.165, 1.54) is 15.4 Å². The molecule has 5 heteroatoms. The lowest BCUT2D eigenvalue weighted by Crippen LogP contribution is -1.81. The van der Waals surface area contributed by atoms with Crippen molar-refractivity contribution in [3.05, 3.63) is 54.1 Å². The zero-order valence-electron chi connectivity index (χ0n) is 11.1. The SMILES string of the molecule is COc1ccc(Sc2ccc(C)cc2)cc1.FC(F)F. The summed E-state index contributed by atoms with van der Waals surface area (Å²) in [4.78, 5) is 2.49. The fourth-order valence-corrected chi connectivity index (χ4v) is 2.20. The summed E-state index contributed by atoms with van der Waals surface area (Å²) in [6.45, 7) is -1.57. The molecule has 2 rings (SSSR count). The van der Waals surface area contributed by atoms with Crippen LogP contribution in [-0.4, -0.2) is 13.8 Å². The van der Waals surface area contributed by atoms with E-state index in [1.54, 1.807) is 18.9 Å². The van der Waals surface area contributed by atoms with Crippen molar-refractivity contribution in [2.24, 2.45) is 0 Å². The molecule has 0 bridgehead atoms. The molecule has 2 aromatic rings. The van der Waals surface area contributed by atoms with Crippen molar-refractivity contribution in [3.8, 4) is 5.75 Å². The average Bonchev–Trinajstić information content (AvgIpc) is 2.42. The maximum absolute atomic E-state index is 9.67. The van der Waals surface area contributed by atoms with E-state index in [9.17, 15) is 13.2 Å². The molecule has 20 heavy (non-hydrogen) atoms. The summed E-state index contributed by atoms with van der Waals surface area (Å²) in [5, 5.41) is 0. The van der Waals surface area contributed by atoms with Crippen LogP contribution in [0.2, 0.25) is 0 Å². The molecule has 0 atom stereocenters. The first kappa shape index (κ1) is 16.4. The molecule has 0 aliphatic carbocycles. The van der Waals surface area contributed by atoms with Gasteiger partial charge in [-0.25, -0.2) is 0 Å². The van der Waals surface area contributed by atoms with Crippen molar-refractivity contribution in [1.82, 2.24) is 0 Å². The maximum Gasteiger partial charge on any atom is 0.379 e. The average molecular weight is 300 g/mol. The van der Waals surface area contributed by atoms with Crippen molar-refractivity contribution in [2.75, 3.05) is 7.11 Å². The summed E-state index contributed by atoms with van der Waals surface area (Å²) < 4.78 is 34.1. The van der Waals surface area contributed by atoms with Gasteiger partial charge in [0.05, 0.1) is 7.11 Å². The van der Waals surface area contributed by atoms with Gasteiger partial charge in [0.25, 0.3) is 0 Å². The largest absolute Gasteiger partial charge is 0.497 e. The number of ether oxygens (including phenoxy) is 1. The minimum Gasteiger partial charge on any atom is -0.497 e. The molecule has 0 aliphatic rings. The van der Waals surface area contributed by atoms with Crippen molar-refractivity contribution in [3.63, 3.8) is 0 Å². The molecule has 0 unspecified atom stereocenters. The molecule has 0 saturated carbocycles. The normalized spacial score (nSPS) is 9.90. The van der Waals surface area contributed by atoms with Crippen LogP contribution < -0.4 is 4.74 Å². The number of benzene rings is 2. The molecule has 0 aliphatic heterocycles. The second-order valence-corrected chi connectivity index (χ2v) is 4.99. The summed E-state index contributed by atoms with van der Waals surface area (Å²) in [6, 6.07) is 16.7. The Bertz CT molecular complexity index is 495. The number of hydrogen-bond acceptors (Lipinski definition) is 2. The van der Waals surface area contributed by atoms with E-state index in [4.69, 9.17) is 4.74 Å². The highest BCUT2D eigenvalue weighted by Crippen LogP contribution is 2.28. The van der Waals surface area contributed by atoms with E-state index in [-0.39, 0.29) is 0 Å². The van der Waals surface area contributed by atoms with Gasteiger partial charge in [0.1, 0.15) is 5.75 Å². The molecule has 0 fully saturated rings. The van der Waals surface area contributed by atoms with Gasteiger partial charge in [-0.3, -0.25) is 0 Å². The van der Waals surface area contributed by atoms with E-state index >= 15 is 0 Å². The van der Waals surface area contributed by atoms with Gasteiger partial charge in [0, 0.05) is 9.79 Å². The fraction of sp³-hybridized carbons (Fsp3) is 0.200. The molecule has 108 valence electrons. The van der Waals surface area contributed by atoms with Crippen molar-refractivity contribution in [2.45, 2.75) is 23.4 Å². The summed E-state index contributed by atoms with van der Waals surface area (Å²) in [6.07, 6.45) is 0. The number of halogens is 3. The van der Waals surface area contributed by atoms with E-state index in [0.29, 0.717) is 0 Å². The third kappa shape index (κ3) is 6.52. The lowest BCUT2D eigenvalue weighted by Gasteiger charge is -2.03. The molecule has 1 nitrogen and oxygen atoms in total. The highest BCUT2D eigenvalue weighted by Gasteiger charge is 1.97. The van der Waals surface area contributed by atoms with Crippen LogP contribution >= 0.6 is 11.8 Å². The van der Waals surface area contributed by atoms with Crippen molar-refractivity contribution >= 4 is 11.8 Å². The van der Waals surface area contributed by atoms with Gasteiger partial charge in [-0.1, -0.05) is 29.5 Å². The molecule has 0 heterocycles. The first-order valence-corrected chi connectivity index (χ1v) is 6.63. The first-order chi connectivity index (χ1) is 9.51. The number of aryl methyl sites for hydroxylation is 1. The van der Waals surface area contributed by atoms with E-state index in [2.05, 4.69) is 43.3 Å². The van der Waals surface area contributed by atoms with Gasteiger partial charge in [-0.2, -0.15) is 13.2 Å². The fourth-order valence-electron chi connectivity index (χ4n) is 1.39. The zero-order valence-corrected chi connectivity index (χ0v) is 12.0. The quantitative estimate of drug-likeness (QED) is 0.757. The van der Waals surface area contributed by atoms with Crippen molar-refractivity contribution < 1.29 is 17.9 Å². The van der Waals surface area contributed by atoms with E-state index in [1.807, 2.05) is 12.1 Å². The van der Waals surface area contributed by atoms with Crippen LogP contribution in [0.25, 0.3) is 0 Å². The van der Waals surface area contributed by atoms with Gasteiger partial charge >= 0.3 is 6.68 Å². The second-order valence-electron chi connectivity index (χ2n) is 3.84. The third-order valence-electron chi connectivity index (χ3n) is 2.32. The standard InChI is InChI=1S/C14H14OS.CHF3/c1-11-3-7-13(8-4-11)16-14-9-5-12(15-2)6-10-14;2-1(3)4/h3-10H,1-2H3;1H. The van der Waals surface area contributed by atoms with Gasteiger partial charge < -0.3 is 4.74 Å². The Hall–Kier alpha value is -1.62. The smallest absolute Gasteiger partial charge is 0.379 e. The summed E-state index contributed by atoms with van der Waals surface area (Å²) in [7, 11) is 1.68. The molecular weight excluding hydrogens is 285 g/mol. The number of alkyl halides is 3. The van der Waals surface area contributed by atoms with Crippen LogP contribution in [0.3, 0.4) is 0 Å². The number of methoxy groups -OCH3 is 1. The van der Waals surface area contributed by atoms with E-state index in [0.717, 1.165) is 5.75 Å². The van der Waals surface area contributed by atoms with Gasteiger partial charge in [0.15, 0.2) is 0 Å². The van der Waals surface area contributed by atoms with Crippen LogP contribution in [0.15, 0.2) is 58.3 Å². The molecule has 0 amide bonds. The van der Waals surface area contributed by atoms with Gasteiger partial charge in [-0.05, 0) is 43.3 Å². The zero-order chi connectivity index (χ0) is 15.0. The van der Waals surface area contributed by atoms with Gasteiger partial charge in [0.2, 0.25) is 0 Å². The molecule has 0 N–H and O–H groups in total. The van der Waals surface area contributed by atoms with Crippen LogP contribution in [0.4, 0.5) is 13.2 Å². The number of rotatable bonds is 3. The summed E-state index contributed by atoms with van der Waals surface area (Å²) >= 11 is 1.76. The maximum atomic E-state index is 9.67. The van der Waals surface area contributed by atoms with Crippen LogP contribution in [-0.2, 0) is 0 Å². The molecule has 0 radical (unpaired) electrons. The Kier molecular flexibility index (Phi) is 7.01. The molecule has 2 aromatic carbocycles.